The Balaban J connectivity index is 2.08. The number of rotatable bonds is 4. The number of hydrogen-bond donors (Lipinski definition) is 0. The van der Waals surface area contributed by atoms with E-state index in [1.165, 1.54) is 4.31 Å². The highest BCUT2D eigenvalue weighted by atomic mass is 32.2. The van der Waals surface area contributed by atoms with Gasteiger partial charge in [-0.15, -0.1) is 6.58 Å². The van der Waals surface area contributed by atoms with Crippen molar-refractivity contribution in [3.8, 4) is 0 Å². The fourth-order valence-corrected chi connectivity index (χ4v) is 6.25. The van der Waals surface area contributed by atoms with E-state index in [2.05, 4.69) is 6.58 Å². The lowest BCUT2D eigenvalue weighted by Gasteiger charge is -2.47. The van der Waals surface area contributed by atoms with Crippen LogP contribution in [0.1, 0.15) is 44.1 Å². The van der Waals surface area contributed by atoms with Crippen molar-refractivity contribution >= 4 is 15.8 Å². The van der Waals surface area contributed by atoms with E-state index < -0.39 is 15.6 Å². The zero-order chi connectivity index (χ0) is 17.4. The first-order chi connectivity index (χ1) is 11.4. The maximum atomic E-state index is 13.3. The summed E-state index contributed by atoms with van der Waals surface area (Å²) in [4.78, 5) is 13.1. The van der Waals surface area contributed by atoms with E-state index in [4.69, 9.17) is 0 Å². The molecule has 2 fully saturated rings. The van der Waals surface area contributed by atoms with E-state index in [-0.39, 0.29) is 16.6 Å². The Kier molecular flexibility index (Phi) is 4.67. The van der Waals surface area contributed by atoms with Gasteiger partial charge in [0.1, 0.15) is 0 Å². The number of Topliss-reactive ketones (excluding diaryl/α,β-unsaturated/α-hetero) is 1. The van der Waals surface area contributed by atoms with E-state index in [1.54, 1.807) is 24.3 Å². The van der Waals surface area contributed by atoms with Crippen LogP contribution in [0.3, 0.4) is 0 Å². The molecule has 1 aromatic rings. The van der Waals surface area contributed by atoms with Gasteiger partial charge in [-0.3, -0.25) is 4.79 Å². The molecule has 1 spiro atoms. The van der Waals surface area contributed by atoms with Gasteiger partial charge in [-0.25, -0.2) is 8.42 Å². The summed E-state index contributed by atoms with van der Waals surface area (Å²) in [5.41, 5.74) is 0.152. The molecule has 0 radical (unpaired) electrons. The fraction of sp³-hybridized carbons (Fsp3) is 0.526. The number of nitrogens with zero attached hydrogens (tertiary/aromatic N) is 1. The Morgan fingerprint density at radius 1 is 1.29 bits per heavy atom. The molecule has 0 N–H and O–H groups in total. The van der Waals surface area contributed by atoms with Gasteiger partial charge in [-0.1, -0.05) is 23.8 Å². The number of ketones is 1. The number of carbonyl (C=O) groups is 1. The van der Waals surface area contributed by atoms with Crippen molar-refractivity contribution in [2.45, 2.75) is 55.9 Å². The molecule has 130 valence electrons. The summed E-state index contributed by atoms with van der Waals surface area (Å²) >= 11 is 0. The van der Waals surface area contributed by atoms with Crippen LogP contribution in [0.5, 0.6) is 0 Å². The molecule has 1 aliphatic carbocycles. The van der Waals surface area contributed by atoms with Crippen molar-refractivity contribution in [1.82, 2.24) is 4.31 Å². The molecule has 0 unspecified atom stereocenters. The Morgan fingerprint density at radius 3 is 2.58 bits per heavy atom. The number of hydrogen-bond acceptors (Lipinski definition) is 3. The van der Waals surface area contributed by atoms with Crippen LogP contribution >= 0.6 is 0 Å². The van der Waals surface area contributed by atoms with Crippen LogP contribution in [0, 0.1) is 12.8 Å². The number of allylic oxidation sites excluding steroid dienone is 1. The van der Waals surface area contributed by atoms with Crippen molar-refractivity contribution in [1.29, 1.82) is 0 Å². The molecule has 1 heterocycles. The molecule has 1 saturated carbocycles. The standard InChI is InChI=1S/C19H25NO3S/c1-3-6-16-7-5-14-20(19(16)13-4-8-18(19)21)24(22,23)17-11-9-15(2)10-12-17/h3,9-12,16H,1,4-8,13-14H2,2H3/t16-,19+/m0/s1. The average molecular weight is 347 g/mol. The topological polar surface area (TPSA) is 54.5 Å². The molecule has 3 rings (SSSR count). The zero-order valence-corrected chi connectivity index (χ0v) is 15.0. The summed E-state index contributed by atoms with van der Waals surface area (Å²) in [5.74, 6) is 0.128. The molecule has 2 aliphatic rings. The molecular weight excluding hydrogens is 322 g/mol. The SMILES string of the molecule is C=CC[C@H]1CCCN(S(=O)(=O)c2ccc(C)cc2)[C@]12CCCC2=O. The van der Waals surface area contributed by atoms with Gasteiger partial charge in [0, 0.05) is 13.0 Å². The zero-order valence-electron chi connectivity index (χ0n) is 14.2. The lowest BCUT2D eigenvalue weighted by molar-refractivity contribution is -0.130. The minimum Gasteiger partial charge on any atom is -0.298 e. The highest BCUT2D eigenvalue weighted by Crippen LogP contribution is 2.47. The summed E-state index contributed by atoms with van der Waals surface area (Å²) in [6.07, 6.45) is 6.07. The van der Waals surface area contributed by atoms with Gasteiger partial charge in [-0.05, 0) is 57.1 Å². The highest BCUT2D eigenvalue weighted by molar-refractivity contribution is 7.89. The Morgan fingerprint density at radius 2 is 2.00 bits per heavy atom. The third kappa shape index (κ3) is 2.64. The fourth-order valence-electron chi connectivity index (χ4n) is 4.38. The molecule has 0 amide bonds. The van der Waals surface area contributed by atoms with Crippen molar-refractivity contribution in [2.24, 2.45) is 5.92 Å². The van der Waals surface area contributed by atoms with Crippen molar-refractivity contribution < 1.29 is 13.2 Å². The van der Waals surface area contributed by atoms with E-state index in [9.17, 15) is 13.2 Å². The summed E-state index contributed by atoms with van der Waals surface area (Å²) in [6.45, 7) is 6.17. The summed E-state index contributed by atoms with van der Waals surface area (Å²) in [7, 11) is -3.68. The minimum absolute atomic E-state index is 0.0407. The van der Waals surface area contributed by atoms with E-state index >= 15 is 0 Å². The maximum Gasteiger partial charge on any atom is 0.243 e. The van der Waals surface area contributed by atoms with Gasteiger partial charge < -0.3 is 0 Å². The molecule has 1 aliphatic heterocycles. The molecule has 1 saturated heterocycles. The van der Waals surface area contributed by atoms with E-state index in [1.807, 2.05) is 13.0 Å². The van der Waals surface area contributed by atoms with Crippen LogP contribution in [0.15, 0.2) is 41.8 Å². The third-order valence-electron chi connectivity index (χ3n) is 5.54. The molecule has 1 aromatic carbocycles. The molecular formula is C19H25NO3S. The van der Waals surface area contributed by atoms with Gasteiger partial charge >= 0.3 is 0 Å². The number of piperidine rings is 1. The summed E-state index contributed by atoms with van der Waals surface area (Å²) in [6, 6.07) is 6.91. The Hall–Kier alpha value is -1.46. The number of aryl methyl sites for hydroxylation is 1. The molecule has 0 bridgehead atoms. The highest BCUT2D eigenvalue weighted by Gasteiger charge is 2.57. The second-order valence-corrected chi connectivity index (χ2v) is 8.82. The Labute approximate surface area is 144 Å². The van der Waals surface area contributed by atoms with Gasteiger partial charge in [0.05, 0.1) is 10.4 Å². The van der Waals surface area contributed by atoms with Gasteiger partial charge in [0.15, 0.2) is 5.78 Å². The van der Waals surface area contributed by atoms with Crippen LogP contribution in [-0.4, -0.2) is 30.6 Å². The molecule has 4 nitrogen and oxygen atoms in total. The first kappa shape index (κ1) is 17.4. The third-order valence-corrected chi connectivity index (χ3v) is 7.50. The van der Waals surface area contributed by atoms with Crippen LogP contribution < -0.4 is 0 Å². The Bertz CT molecular complexity index is 738. The predicted octanol–water partition coefficient (Wildman–Crippen LogP) is 3.46. The normalized spacial score (nSPS) is 28.4. The first-order valence-corrected chi connectivity index (χ1v) is 10.1. The van der Waals surface area contributed by atoms with Gasteiger partial charge in [0.2, 0.25) is 10.0 Å². The predicted molar refractivity (Wildman–Crippen MR) is 94.2 cm³/mol. The number of sulfonamides is 1. The summed E-state index contributed by atoms with van der Waals surface area (Å²) < 4.78 is 28.1. The van der Waals surface area contributed by atoms with Crippen LogP contribution in [0.25, 0.3) is 0 Å². The molecule has 5 heteroatoms. The number of carbonyl (C=O) groups excluding carboxylic acids is 1. The van der Waals surface area contributed by atoms with Crippen LogP contribution in [0.2, 0.25) is 0 Å². The lowest BCUT2D eigenvalue weighted by Crippen LogP contribution is -2.61. The van der Waals surface area contributed by atoms with E-state index in [0.29, 0.717) is 25.8 Å². The molecule has 2 atom stereocenters. The first-order valence-electron chi connectivity index (χ1n) is 8.66. The largest absolute Gasteiger partial charge is 0.298 e. The summed E-state index contributed by atoms with van der Waals surface area (Å²) in [5, 5.41) is 0. The average Bonchev–Trinajstić information content (AvgIpc) is 2.92. The minimum atomic E-state index is -3.68. The van der Waals surface area contributed by atoms with Crippen LogP contribution in [0.4, 0.5) is 0 Å². The maximum absolute atomic E-state index is 13.3. The van der Waals surface area contributed by atoms with Crippen LogP contribution in [-0.2, 0) is 14.8 Å². The monoisotopic (exact) mass is 347 g/mol. The van der Waals surface area contributed by atoms with Gasteiger partial charge in [0.25, 0.3) is 0 Å². The van der Waals surface area contributed by atoms with E-state index in [0.717, 1.165) is 24.8 Å². The molecule has 24 heavy (non-hydrogen) atoms. The van der Waals surface area contributed by atoms with Crippen molar-refractivity contribution in [2.75, 3.05) is 6.54 Å². The van der Waals surface area contributed by atoms with Crippen molar-refractivity contribution in [3.63, 3.8) is 0 Å². The molecule has 0 aromatic heterocycles. The second-order valence-electron chi connectivity index (χ2n) is 6.95. The second kappa shape index (κ2) is 6.45. The number of benzene rings is 1. The lowest BCUT2D eigenvalue weighted by atomic mass is 9.74. The quantitative estimate of drug-likeness (QED) is 0.784. The van der Waals surface area contributed by atoms with Gasteiger partial charge in [-0.2, -0.15) is 4.31 Å². The smallest absolute Gasteiger partial charge is 0.243 e. The van der Waals surface area contributed by atoms with Crippen molar-refractivity contribution in [3.05, 3.63) is 42.5 Å².